The highest BCUT2D eigenvalue weighted by molar-refractivity contribution is 5.75. The minimum absolute atomic E-state index is 0.117. The maximum Gasteiger partial charge on any atom is 0.239 e. The van der Waals surface area contributed by atoms with Gasteiger partial charge in [-0.1, -0.05) is 20.8 Å². The molecule has 118 valence electrons. The molecule has 1 aromatic rings. The van der Waals surface area contributed by atoms with Gasteiger partial charge in [-0.25, -0.2) is 0 Å². The molecule has 0 spiro atoms. The predicted molar refractivity (Wildman–Crippen MR) is 86.0 cm³/mol. The molecule has 4 nitrogen and oxygen atoms in total. The summed E-state index contributed by atoms with van der Waals surface area (Å²) in [5.41, 5.74) is 1.27. The number of hydrogen-bond donors (Lipinski definition) is 2. The number of rotatable bonds is 9. The van der Waals surface area contributed by atoms with Crippen LogP contribution in [0.2, 0.25) is 0 Å². The fourth-order valence-corrected chi connectivity index (χ4v) is 2.58. The highest BCUT2D eigenvalue weighted by Gasteiger charge is 2.21. The van der Waals surface area contributed by atoms with Crippen LogP contribution in [0.5, 0.6) is 0 Å². The van der Waals surface area contributed by atoms with Crippen LogP contribution in [0.25, 0.3) is 0 Å². The molecule has 0 radical (unpaired) electrons. The Balaban J connectivity index is 1.87. The summed E-state index contributed by atoms with van der Waals surface area (Å²) in [4.78, 5) is 11.9. The van der Waals surface area contributed by atoms with Gasteiger partial charge in [-0.3, -0.25) is 4.79 Å². The van der Waals surface area contributed by atoms with E-state index in [2.05, 4.69) is 43.7 Å². The Hall–Kier alpha value is -1.29. The summed E-state index contributed by atoms with van der Waals surface area (Å²) < 4.78 is 1.99. The molecule has 2 N–H and O–H groups in total. The first kappa shape index (κ1) is 16.1. The Morgan fingerprint density at radius 1 is 1.43 bits per heavy atom. The standard InChI is InChI=1S/C17H29N3O/c1-4-8-18-17(13(2)3)15-7-9-20(11-15)12-16(21)19-10-14-5-6-14/h7,9,11,13-14,17-18H,4-6,8,10,12H2,1-3H3,(H,19,21). The van der Waals surface area contributed by atoms with Crippen molar-refractivity contribution < 1.29 is 4.79 Å². The minimum atomic E-state index is 0.117. The molecule has 0 aromatic carbocycles. The molecule has 4 heteroatoms. The van der Waals surface area contributed by atoms with Crippen LogP contribution in [0.1, 0.15) is 51.6 Å². The lowest BCUT2D eigenvalue weighted by Crippen LogP contribution is -2.29. The zero-order chi connectivity index (χ0) is 15.2. The first-order valence-corrected chi connectivity index (χ1v) is 8.26. The van der Waals surface area contributed by atoms with E-state index in [4.69, 9.17) is 0 Å². The Bertz CT molecular complexity index is 449. The smallest absolute Gasteiger partial charge is 0.239 e. The molecule has 1 heterocycles. The molecule has 2 rings (SSSR count). The summed E-state index contributed by atoms with van der Waals surface area (Å²) in [5, 5.41) is 6.60. The monoisotopic (exact) mass is 291 g/mol. The topological polar surface area (TPSA) is 46.1 Å². The lowest BCUT2D eigenvalue weighted by Gasteiger charge is -2.21. The van der Waals surface area contributed by atoms with E-state index in [1.807, 2.05) is 10.8 Å². The number of nitrogens with zero attached hydrogens (tertiary/aromatic N) is 1. The van der Waals surface area contributed by atoms with Gasteiger partial charge in [-0.15, -0.1) is 0 Å². The second kappa shape index (κ2) is 7.64. The van der Waals surface area contributed by atoms with Crippen molar-refractivity contribution in [2.75, 3.05) is 13.1 Å². The van der Waals surface area contributed by atoms with Crippen molar-refractivity contribution in [3.8, 4) is 0 Å². The van der Waals surface area contributed by atoms with Crippen LogP contribution in [0.4, 0.5) is 0 Å². The molecule has 1 aliphatic carbocycles. The van der Waals surface area contributed by atoms with E-state index < -0.39 is 0 Å². The molecule has 1 amide bonds. The van der Waals surface area contributed by atoms with Crippen molar-refractivity contribution in [1.82, 2.24) is 15.2 Å². The van der Waals surface area contributed by atoms with Gasteiger partial charge in [0.1, 0.15) is 6.54 Å². The predicted octanol–water partition coefficient (Wildman–Crippen LogP) is 2.71. The Morgan fingerprint density at radius 3 is 2.81 bits per heavy atom. The number of carbonyl (C=O) groups is 1. The molecule has 0 bridgehead atoms. The SMILES string of the molecule is CCCNC(c1ccn(CC(=O)NCC2CC2)c1)C(C)C. The average molecular weight is 291 g/mol. The fraction of sp³-hybridized carbons (Fsp3) is 0.706. The highest BCUT2D eigenvalue weighted by atomic mass is 16.1. The van der Waals surface area contributed by atoms with Crippen LogP contribution in [-0.4, -0.2) is 23.6 Å². The first-order valence-electron chi connectivity index (χ1n) is 8.26. The number of nitrogens with one attached hydrogen (secondary N) is 2. The zero-order valence-corrected chi connectivity index (χ0v) is 13.6. The molecule has 21 heavy (non-hydrogen) atoms. The Kier molecular flexibility index (Phi) is 5.85. The van der Waals surface area contributed by atoms with Crippen molar-refractivity contribution >= 4 is 5.91 Å². The van der Waals surface area contributed by atoms with E-state index >= 15 is 0 Å². The molecule has 1 atom stereocenters. The van der Waals surface area contributed by atoms with Crippen molar-refractivity contribution in [2.24, 2.45) is 11.8 Å². The van der Waals surface area contributed by atoms with E-state index in [0.29, 0.717) is 18.5 Å². The van der Waals surface area contributed by atoms with Crippen LogP contribution in [0.3, 0.4) is 0 Å². The summed E-state index contributed by atoms with van der Waals surface area (Å²) in [5.74, 6) is 1.39. The molecule has 0 saturated heterocycles. The summed E-state index contributed by atoms with van der Waals surface area (Å²) in [7, 11) is 0. The Labute approximate surface area is 128 Å². The minimum Gasteiger partial charge on any atom is -0.354 e. The van der Waals surface area contributed by atoms with Crippen molar-refractivity contribution in [3.05, 3.63) is 24.0 Å². The molecule has 1 unspecified atom stereocenters. The number of aromatic nitrogens is 1. The van der Waals surface area contributed by atoms with Gasteiger partial charge in [0.25, 0.3) is 0 Å². The van der Waals surface area contributed by atoms with E-state index in [0.717, 1.165) is 25.4 Å². The van der Waals surface area contributed by atoms with Crippen LogP contribution in [0.15, 0.2) is 18.5 Å². The lowest BCUT2D eigenvalue weighted by atomic mass is 9.98. The molecule has 1 fully saturated rings. The van der Waals surface area contributed by atoms with Gasteiger partial charge >= 0.3 is 0 Å². The fourth-order valence-electron chi connectivity index (χ4n) is 2.58. The molecule has 1 aromatic heterocycles. The van der Waals surface area contributed by atoms with Crippen LogP contribution < -0.4 is 10.6 Å². The first-order chi connectivity index (χ1) is 10.1. The largest absolute Gasteiger partial charge is 0.354 e. The van der Waals surface area contributed by atoms with E-state index in [1.165, 1.54) is 18.4 Å². The molecular formula is C17H29N3O. The number of carbonyl (C=O) groups excluding carboxylic acids is 1. The zero-order valence-electron chi connectivity index (χ0n) is 13.6. The third-order valence-electron chi connectivity index (χ3n) is 4.02. The Morgan fingerprint density at radius 2 is 2.19 bits per heavy atom. The summed E-state index contributed by atoms with van der Waals surface area (Å²) in [6, 6.07) is 2.49. The van der Waals surface area contributed by atoms with Gasteiger partial charge < -0.3 is 15.2 Å². The third kappa shape index (κ3) is 5.20. The third-order valence-corrected chi connectivity index (χ3v) is 4.02. The van der Waals surface area contributed by atoms with Gasteiger partial charge in [0.2, 0.25) is 5.91 Å². The molecule has 1 aliphatic rings. The van der Waals surface area contributed by atoms with Gasteiger partial charge in [0, 0.05) is 25.0 Å². The van der Waals surface area contributed by atoms with Gasteiger partial charge in [0.15, 0.2) is 0 Å². The maximum absolute atomic E-state index is 11.9. The van der Waals surface area contributed by atoms with Crippen molar-refractivity contribution in [2.45, 2.75) is 52.6 Å². The molecule has 1 saturated carbocycles. The van der Waals surface area contributed by atoms with Gasteiger partial charge in [0.05, 0.1) is 0 Å². The molecule has 0 aliphatic heterocycles. The second-order valence-corrected chi connectivity index (χ2v) is 6.54. The van der Waals surface area contributed by atoms with Crippen LogP contribution in [0, 0.1) is 11.8 Å². The maximum atomic E-state index is 11.9. The number of hydrogen-bond acceptors (Lipinski definition) is 2. The normalized spacial score (nSPS) is 16.2. The number of amides is 1. The average Bonchev–Trinajstić information content (AvgIpc) is 3.17. The van der Waals surface area contributed by atoms with Gasteiger partial charge in [-0.05, 0) is 49.3 Å². The van der Waals surface area contributed by atoms with Crippen LogP contribution in [-0.2, 0) is 11.3 Å². The van der Waals surface area contributed by atoms with Crippen LogP contribution >= 0.6 is 0 Å². The molecular weight excluding hydrogens is 262 g/mol. The van der Waals surface area contributed by atoms with E-state index in [9.17, 15) is 4.79 Å². The summed E-state index contributed by atoms with van der Waals surface area (Å²) in [6.45, 7) is 8.93. The lowest BCUT2D eigenvalue weighted by molar-refractivity contribution is -0.121. The van der Waals surface area contributed by atoms with Crippen molar-refractivity contribution in [3.63, 3.8) is 0 Å². The van der Waals surface area contributed by atoms with E-state index in [-0.39, 0.29) is 5.91 Å². The second-order valence-electron chi connectivity index (χ2n) is 6.54. The summed E-state index contributed by atoms with van der Waals surface area (Å²) >= 11 is 0. The van der Waals surface area contributed by atoms with Gasteiger partial charge in [-0.2, -0.15) is 0 Å². The highest BCUT2D eigenvalue weighted by Crippen LogP contribution is 2.27. The van der Waals surface area contributed by atoms with Crippen molar-refractivity contribution in [1.29, 1.82) is 0 Å². The summed E-state index contributed by atoms with van der Waals surface area (Å²) in [6.07, 6.45) is 7.78. The quantitative estimate of drug-likeness (QED) is 0.735. The van der Waals surface area contributed by atoms with E-state index in [1.54, 1.807) is 0 Å².